The highest BCUT2D eigenvalue weighted by Gasteiger charge is 2.57. The molecule has 2 aliphatic heterocycles. The molecule has 2 aromatic rings. The molecule has 3 heterocycles. The second kappa shape index (κ2) is 9.25. The molecule has 164 valence electrons. The summed E-state index contributed by atoms with van der Waals surface area (Å²) in [6.45, 7) is 5.11. The molecule has 8 heteroatoms. The summed E-state index contributed by atoms with van der Waals surface area (Å²) in [6.07, 6.45) is 7.89. The predicted molar refractivity (Wildman–Crippen MR) is 124 cm³/mol. The third-order valence-electron chi connectivity index (χ3n) is 6.97. The van der Waals surface area contributed by atoms with Crippen molar-refractivity contribution >= 4 is 36.4 Å². The maximum atomic E-state index is 12.9. The fraction of sp³-hybridized carbons (Fsp3) is 0.591. The number of anilines is 1. The van der Waals surface area contributed by atoms with Crippen molar-refractivity contribution in [1.82, 2.24) is 20.1 Å². The zero-order valence-corrected chi connectivity index (χ0v) is 19.1. The Morgan fingerprint density at radius 2 is 1.97 bits per heavy atom. The van der Waals surface area contributed by atoms with E-state index in [0.717, 1.165) is 73.8 Å². The van der Waals surface area contributed by atoms with Crippen LogP contribution in [0.1, 0.15) is 49.9 Å². The lowest BCUT2D eigenvalue weighted by atomic mass is 9.91. The number of aryl methyl sites for hydroxylation is 2. The molecule has 0 radical (unpaired) electrons. The average Bonchev–Trinajstić information content (AvgIpc) is 3.33. The Hall–Kier alpha value is -1.63. The van der Waals surface area contributed by atoms with E-state index in [4.69, 9.17) is 0 Å². The van der Waals surface area contributed by atoms with Crippen LogP contribution in [0.25, 0.3) is 11.4 Å². The van der Waals surface area contributed by atoms with Crippen LogP contribution in [0.5, 0.6) is 0 Å². The van der Waals surface area contributed by atoms with E-state index in [1.165, 1.54) is 19.3 Å². The summed E-state index contributed by atoms with van der Waals surface area (Å²) in [5.74, 6) is 2.36. The number of nitrogens with one attached hydrogen (secondary N) is 2. The van der Waals surface area contributed by atoms with Gasteiger partial charge in [0, 0.05) is 30.1 Å². The molecule has 6 nitrogen and oxygen atoms in total. The molecular formula is C22H31Cl2N5O. The molecule has 1 amide bonds. The highest BCUT2D eigenvalue weighted by Crippen LogP contribution is 2.58. The molecule has 1 saturated heterocycles. The van der Waals surface area contributed by atoms with Crippen molar-refractivity contribution in [2.75, 3.05) is 18.4 Å². The first-order valence-electron chi connectivity index (χ1n) is 10.7. The number of hydrogen-bond donors (Lipinski definition) is 2. The minimum atomic E-state index is 0. The van der Waals surface area contributed by atoms with E-state index in [2.05, 4.69) is 50.5 Å². The number of amides is 1. The molecule has 0 bridgehead atoms. The predicted octanol–water partition coefficient (Wildman–Crippen LogP) is 4.15. The quantitative estimate of drug-likeness (QED) is 0.734. The number of halogens is 2. The number of hydrogen-bond acceptors (Lipinski definition) is 4. The third kappa shape index (κ3) is 4.23. The highest BCUT2D eigenvalue weighted by molar-refractivity contribution is 5.96. The third-order valence-corrected chi connectivity index (χ3v) is 6.97. The summed E-state index contributed by atoms with van der Waals surface area (Å²) in [7, 11) is 0. The highest BCUT2D eigenvalue weighted by atomic mass is 35.5. The maximum absolute atomic E-state index is 12.9. The minimum absolute atomic E-state index is 0. The van der Waals surface area contributed by atoms with Crippen molar-refractivity contribution in [2.24, 2.45) is 11.3 Å². The van der Waals surface area contributed by atoms with Gasteiger partial charge < -0.3 is 15.2 Å². The largest absolute Gasteiger partial charge is 0.326 e. The summed E-state index contributed by atoms with van der Waals surface area (Å²) < 4.78 is 2.26. The van der Waals surface area contributed by atoms with Crippen LogP contribution in [0.2, 0.25) is 0 Å². The number of rotatable bonds is 3. The van der Waals surface area contributed by atoms with Crippen molar-refractivity contribution < 1.29 is 4.79 Å². The van der Waals surface area contributed by atoms with Crippen LogP contribution in [0.15, 0.2) is 18.2 Å². The van der Waals surface area contributed by atoms with Gasteiger partial charge in [-0.2, -0.15) is 0 Å². The molecule has 30 heavy (non-hydrogen) atoms. The molecule has 2 N–H and O–H groups in total. The van der Waals surface area contributed by atoms with E-state index in [0.29, 0.717) is 0 Å². The number of aromatic nitrogens is 3. The van der Waals surface area contributed by atoms with Crippen LogP contribution in [0.3, 0.4) is 0 Å². The Balaban J connectivity index is 0.00000128. The van der Waals surface area contributed by atoms with Gasteiger partial charge in [0.1, 0.15) is 5.82 Å². The number of benzene rings is 1. The topological polar surface area (TPSA) is 71.8 Å². The zero-order chi connectivity index (χ0) is 19.1. The van der Waals surface area contributed by atoms with Gasteiger partial charge in [-0.25, -0.2) is 0 Å². The first-order chi connectivity index (χ1) is 13.7. The van der Waals surface area contributed by atoms with Crippen molar-refractivity contribution in [1.29, 1.82) is 0 Å². The van der Waals surface area contributed by atoms with Gasteiger partial charge >= 0.3 is 0 Å². The van der Waals surface area contributed by atoms with Gasteiger partial charge in [0.25, 0.3) is 0 Å². The van der Waals surface area contributed by atoms with Gasteiger partial charge in [-0.1, -0.05) is 18.6 Å². The molecule has 2 fully saturated rings. The Labute approximate surface area is 190 Å². The van der Waals surface area contributed by atoms with Crippen LogP contribution < -0.4 is 10.6 Å². The number of fused-ring (bicyclic) bond motifs is 1. The second-order valence-electron chi connectivity index (χ2n) is 8.79. The molecule has 1 saturated carbocycles. The first kappa shape index (κ1) is 23.0. The van der Waals surface area contributed by atoms with Gasteiger partial charge in [0.2, 0.25) is 5.91 Å². The van der Waals surface area contributed by atoms with E-state index >= 15 is 0 Å². The van der Waals surface area contributed by atoms with Crippen LogP contribution in [-0.4, -0.2) is 33.8 Å². The fourth-order valence-electron chi connectivity index (χ4n) is 5.01. The first-order valence-corrected chi connectivity index (χ1v) is 10.7. The normalized spacial score (nSPS) is 21.6. The lowest BCUT2D eigenvalue weighted by molar-refractivity contribution is -0.118. The lowest BCUT2D eigenvalue weighted by Crippen LogP contribution is -2.31. The SMILES string of the molecule is Cc1ccc(-c2nnc3n2CCCCC3)cc1NC(=O)C1CC12CCNCC2.Cl.Cl. The minimum Gasteiger partial charge on any atom is -0.326 e. The molecule has 3 aliphatic rings. The summed E-state index contributed by atoms with van der Waals surface area (Å²) in [5.41, 5.74) is 3.29. The Bertz CT molecular complexity index is 907. The molecule has 1 spiro atoms. The lowest BCUT2D eigenvalue weighted by Gasteiger charge is -2.23. The van der Waals surface area contributed by atoms with Crippen LogP contribution in [0, 0.1) is 18.3 Å². The van der Waals surface area contributed by atoms with Gasteiger partial charge in [-0.3, -0.25) is 4.79 Å². The Morgan fingerprint density at radius 3 is 2.77 bits per heavy atom. The molecule has 1 atom stereocenters. The monoisotopic (exact) mass is 451 g/mol. The molecule has 1 aromatic heterocycles. The summed E-state index contributed by atoms with van der Waals surface area (Å²) in [4.78, 5) is 12.9. The average molecular weight is 452 g/mol. The number of piperidine rings is 1. The molecule has 1 aromatic carbocycles. The van der Waals surface area contributed by atoms with Crippen LogP contribution in [-0.2, 0) is 17.8 Å². The number of carbonyl (C=O) groups is 1. The van der Waals surface area contributed by atoms with E-state index < -0.39 is 0 Å². The maximum Gasteiger partial charge on any atom is 0.228 e. The molecule has 1 unspecified atom stereocenters. The summed E-state index contributed by atoms with van der Waals surface area (Å²) in [6, 6.07) is 6.25. The summed E-state index contributed by atoms with van der Waals surface area (Å²) in [5, 5.41) is 15.5. The second-order valence-corrected chi connectivity index (χ2v) is 8.79. The number of nitrogens with zero attached hydrogens (tertiary/aromatic N) is 3. The van der Waals surface area contributed by atoms with Crippen molar-refractivity contribution in [2.45, 2.75) is 58.4 Å². The fourth-order valence-corrected chi connectivity index (χ4v) is 5.01. The number of carbonyl (C=O) groups excluding carboxylic acids is 1. The Morgan fingerprint density at radius 1 is 1.17 bits per heavy atom. The van der Waals surface area contributed by atoms with Crippen LogP contribution >= 0.6 is 24.8 Å². The smallest absolute Gasteiger partial charge is 0.228 e. The van der Waals surface area contributed by atoms with Gasteiger partial charge in [-0.05, 0) is 69.2 Å². The van der Waals surface area contributed by atoms with Crippen LogP contribution in [0.4, 0.5) is 5.69 Å². The van der Waals surface area contributed by atoms with Gasteiger partial charge in [-0.15, -0.1) is 35.0 Å². The van der Waals surface area contributed by atoms with E-state index in [-0.39, 0.29) is 42.1 Å². The standard InChI is InChI=1S/C22H29N5O.2ClH/c1-15-6-7-16(20-26-25-19-5-3-2-4-12-27(19)20)13-18(15)24-21(28)17-14-22(17)8-10-23-11-9-22;;/h6-7,13,17,23H,2-5,8-12,14H2,1H3,(H,24,28);2*1H. The van der Waals surface area contributed by atoms with Gasteiger partial charge in [0.15, 0.2) is 5.82 Å². The summed E-state index contributed by atoms with van der Waals surface area (Å²) >= 11 is 0. The Kier molecular flexibility index (Phi) is 7.10. The van der Waals surface area contributed by atoms with E-state index in [1.54, 1.807) is 0 Å². The van der Waals surface area contributed by atoms with Crippen molar-refractivity contribution in [3.8, 4) is 11.4 Å². The van der Waals surface area contributed by atoms with E-state index in [9.17, 15) is 4.79 Å². The van der Waals surface area contributed by atoms with Crippen molar-refractivity contribution in [3.63, 3.8) is 0 Å². The van der Waals surface area contributed by atoms with Gasteiger partial charge in [0.05, 0.1) is 0 Å². The molecule has 5 rings (SSSR count). The molecular weight excluding hydrogens is 421 g/mol. The van der Waals surface area contributed by atoms with E-state index in [1.807, 2.05) is 0 Å². The molecule has 1 aliphatic carbocycles. The van der Waals surface area contributed by atoms with Crippen molar-refractivity contribution in [3.05, 3.63) is 29.6 Å². The zero-order valence-electron chi connectivity index (χ0n) is 17.4.